The van der Waals surface area contributed by atoms with Crippen molar-refractivity contribution in [3.05, 3.63) is 71.3 Å². The van der Waals surface area contributed by atoms with E-state index in [1.807, 2.05) is 50.2 Å². The van der Waals surface area contributed by atoms with Crippen LogP contribution in [0, 0.1) is 20.8 Å². The molecule has 4 rings (SSSR count). The Labute approximate surface area is 181 Å². The van der Waals surface area contributed by atoms with Gasteiger partial charge in [0.1, 0.15) is 6.61 Å². The third-order valence-electron chi connectivity index (χ3n) is 5.00. The van der Waals surface area contributed by atoms with Crippen LogP contribution >= 0.6 is 0 Å². The van der Waals surface area contributed by atoms with Crippen molar-refractivity contribution in [1.29, 1.82) is 0 Å². The first-order valence-corrected chi connectivity index (χ1v) is 11.3. The highest BCUT2D eigenvalue weighted by Gasteiger charge is 2.17. The number of ether oxygens (including phenoxy) is 1. The molecule has 8 nitrogen and oxygen atoms in total. The molecule has 2 aromatic carbocycles. The predicted octanol–water partition coefficient (Wildman–Crippen LogP) is 3.07. The van der Waals surface area contributed by atoms with E-state index in [-0.39, 0.29) is 18.0 Å². The number of aromatic nitrogens is 4. The lowest BCUT2D eigenvalue weighted by Crippen LogP contribution is -2.29. The van der Waals surface area contributed by atoms with Crippen molar-refractivity contribution in [2.75, 3.05) is 13.2 Å². The normalized spacial score (nSPS) is 11.7. The van der Waals surface area contributed by atoms with Gasteiger partial charge in [0.05, 0.1) is 4.90 Å². The maximum atomic E-state index is 12.7. The lowest BCUT2D eigenvalue weighted by atomic mass is 10.1. The lowest BCUT2D eigenvalue weighted by molar-refractivity contribution is 0.306. The Morgan fingerprint density at radius 1 is 0.935 bits per heavy atom. The van der Waals surface area contributed by atoms with Crippen LogP contribution in [0.2, 0.25) is 0 Å². The first kappa shape index (κ1) is 21.0. The van der Waals surface area contributed by atoms with Gasteiger partial charge in [0.2, 0.25) is 15.9 Å². The molecule has 0 saturated heterocycles. The summed E-state index contributed by atoms with van der Waals surface area (Å²) in [5, 5.41) is 12.7. The Morgan fingerprint density at radius 3 is 2.45 bits per heavy atom. The van der Waals surface area contributed by atoms with E-state index in [1.54, 1.807) is 29.6 Å². The fraction of sp³-hybridized carbons (Fsp3) is 0.227. The zero-order chi connectivity index (χ0) is 22.0. The second-order valence-corrected chi connectivity index (χ2v) is 9.01. The van der Waals surface area contributed by atoms with Crippen LogP contribution in [-0.4, -0.2) is 41.4 Å². The number of nitrogens with one attached hydrogen (secondary N) is 1. The largest absolute Gasteiger partial charge is 0.475 e. The minimum Gasteiger partial charge on any atom is -0.475 e. The van der Waals surface area contributed by atoms with Crippen LogP contribution < -0.4 is 9.46 Å². The number of hydrogen-bond acceptors (Lipinski definition) is 6. The van der Waals surface area contributed by atoms with Crippen molar-refractivity contribution in [2.24, 2.45) is 0 Å². The molecule has 0 unspecified atom stereocenters. The van der Waals surface area contributed by atoms with Gasteiger partial charge in [-0.1, -0.05) is 36.4 Å². The maximum absolute atomic E-state index is 12.7. The summed E-state index contributed by atoms with van der Waals surface area (Å²) in [6.07, 6.45) is 0. The van der Waals surface area contributed by atoms with Crippen LogP contribution in [0.1, 0.15) is 16.7 Å². The summed E-state index contributed by atoms with van der Waals surface area (Å²) >= 11 is 0. The van der Waals surface area contributed by atoms with Crippen molar-refractivity contribution in [2.45, 2.75) is 25.7 Å². The Kier molecular flexibility index (Phi) is 5.71. The molecule has 1 N–H and O–H groups in total. The molecule has 0 fully saturated rings. The van der Waals surface area contributed by atoms with Crippen LogP contribution in [0.15, 0.2) is 59.5 Å². The molecule has 2 heterocycles. The molecule has 0 amide bonds. The predicted molar refractivity (Wildman–Crippen MR) is 118 cm³/mol. The van der Waals surface area contributed by atoms with Gasteiger partial charge in [-0.25, -0.2) is 13.1 Å². The zero-order valence-corrected chi connectivity index (χ0v) is 18.3. The van der Waals surface area contributed by atoms with Gasteiger partial charge in [-0.3, -0.25) is 0 Å². The maximum Gasteiger partial charge on any atom is 0.240 e. The molecule has 31 heavy (non-hydrogen) atoms. The molecule has 0 radical (unpaired) electrons. The van der Waals surface area contributed by atoms with Crippen molar-refractivity contribution < 1.29 is 13.2 Å². The molecule has 4 aromatic rings. The number of nitrogens with zero attached hydrogens (tertiary/aromatic N) is 4. The van der Waals surface area contributed by atoms with Crippen LogP contribution in [0.4, 0.5) is 0 Å². The van der Waals surface area contributed by atoms with Gasteiger partial charge in [0, 0.05) is 18.2 Å². The average Bonchev–Trinajstić information content (AvgIpc) is 3.17. The number of fused-ring (bicyclic) bond motifs is 1. The molecule has 0 spiro atoms. The van der Waals surface area contributed by atoms with Gasteiger partial charge >= 0.3 is 0 Å². The third kappa shape index (κ3) is 4.42. The van der Waals surface area contributed by atoms with E-state index in [0.717, 1.165) is 16.7 Å². The van der Waals surface area contributed by atoms with Crippen molar-refractivity contribution in [3.63, 3.8) is 0 Å². The van der Waals surface area contributed by atoms with Gasteiger partial charge in [-0.15, -0.1) is 15.3 Å². The van der Waals surface area contributed by atoms with E-state index in [4.69, 9.17) is 4.74 Å². The van der Waals surface area contributed by atoms with E-state index < -0.39 is 10.0 Å². The second kappa shape index (κ2) is 8.44. The van der Waals surface area contributed by atoms with E-state index >= 15 is 0 Å². The number of aryl methyl sites for hydroxylation is 3. The fourth-order valence-electron chi connectivity index (χ4n) is 3.25. The van der Waals surface area contributed by atoms with Crippen molar-refractivity contribution in [1.82, 2.24) is 24.5 Å². The molecule has 0 aliphatic carbocycles. The van der Waals surface area contributed by atoms with Gasteiger partial charge in [-0.05, 0) is 49.6 Å². The molecular formula is C22H23N5O3S. The third-order valence-corrected chi connectivity index (χ3v) is 6.60. The van der Waals surface area contributed by atoms with Crippen LogP contribution in [0.5, 0.6) is 5.88 Å². The highest BCUT2D eigenvalue weighted by atomic mass is 32.2. The van der Waals surface area contributed by atoms with Gasteiger partial charge < -0.3 is 4.74 Å². The molecule has 9 heteroatoms. The van der Waals surface area contributed by atoms with Gasteiger partial charge in [-0.2, -0.15) is 4.52 Å². The Balaban J connectivity index is 1.44. The van der Waals surface area contributed by atoms with Crippen molar-refractivity contribution >= 4 is 15.7 Å². The molecule has 0 atom stereocenters. The monoisotopic (exact) mass is 437 g/mol. The van der Waals surface area contributed by atoms with E-state index in [1.165, 1.54) is 0 Å². The highest BCUT2D eigenvalue weighted by Crippen LogP contribution is 2.20. The quantitative estimate of drug-likeness (QED) is 0.446. The summed E-state index contributed by atoms with van der Waals surface area (Å²) in [6, 6.07) is 16.6. The summed E-state index contributed by atoms with van der Waals surface area (Å²) < 4.78 is 35.2. The van der Waals surface area contributed by atoms with E-state index in [9.17, 15) is 8.42 Å². The molecule has 0 saturated carbocycles. The molecule has 0 aliphatic rings. The van der Waals surface area contributed by atoms with Gasteiger partial charge in [0.15, 0.2) is 11.5 Å². The first-order valence-electron chi connectivity index (χ1n) is 9.83. The minimum absolute atomic E-state index is 0.113. The summed E-state index contributed by atoms with van der Waals surface area (Å²) in [5.74, 6) is 0.956. The molecule has 0 aliphatic heterocycles. The molecule has 2 aromatic heterocycles. The Bertz CT molecular complexity index is 1330. The minimum atomic E-state index is -3.63. The average molecular weight is 438 g/mol. The number of sulfonamides is 1. The van der Waals surface area contributed by atoms with Crippen LogP contribution in [-0.2, 0) is 10.0 Å². The van der Waals surface area contributed by atoms with Crippen LogP contribution in [0.3, 0.4) is 0 Å². The second-order valence-electron chi connectivity index (χ2n) is 7.28. The highest BCUT2D eigenvalue weighted by molar-refractivity contribution is 7.89. The number of hydrogen-bond donors (Lipinski definition) is 1. The lowest BCUT2D eigenvalue weighted by Gasteiger charge is -2.12. The first-order chi connectivity index (χ1) is 14.8. The Morgan fingerprint density at radius 2 is 1.68 bits per heavy atom. The zero-order valence-electron chi connectivity index (χ0n) is 17.5. The summed E-state index contributed by atoms with van der Waals surface area (Å²) in [5.41, 5.74) is 4.19. The van der Waals surface area contributed by atoms with Gasteiger partial charge in [0.25, 0.3) is 0 Å². The Hall–Kier alpha value is -3.30. The SMILES string of the molecule is Cc1cc(C)c(S(=O)(=O)NCCOc2ccc3nnc(-c4ccccc4)n3n2)cc1C. The molecule has 0 bridgehead atoms. The van der Waals surface area contributed by atoms with E-state index in [2.05, 4.69) is 20.0 Å². The molecular weight excluding hydrogens is 414 g/mol. The number of rotatable bonds is 7. The molecule has 160 valence electrons. The smallest absolute Gasteiger partial charge is 0.240 e. The van der Waals surface area contributed by atoms with E-state index in [0.29, 0.717) is 22.9 Å². The van der Waals surface area contributed by atoms with Crippen LogP contribution in [0.25, 0.3) is 17.0 Å². The van der Waals surface area contributed by atoms with Crippen molar-refractivity contribution in [3.8, 4) is 17.3 Å². The fourth-order valence-corrected chi connectivity index (χ4v) is 4.57. The summed E-state index contributed by atoms with van der Waals surface area (Å²) in [7, 11) is -3.63. The standard InChI is InChI=1S/C22H23N5O3S/c1-15-13-17(3)19(14-16(15)2)31(28,29)23-11-12-30-21-10-9-20-24-25-22(27(20)26-21)18-7-5-4-6-8-18/h4-10,13-14,23H,11-12H2,1-3H3. The summed E-state index contributed by atoms with van der Waals surface area (Å²) in [6.45, 7) is 5.89. The summed E-state index contributed by atoms with van der Waals surface area (Å²) in [4.78, 5) is 0.284. The topological polar surface area (TPSA) is 98.5 Å². The number of benzene rings is 2.